The van der Waals surface area contributed by atoms with Crippen LogP contribution in [0, 0.1) is 6.92 Å². The largest absolute Gasteiger partial charge is 0.342 e. The number of rotatable bonds is 5. The number of hydrazone groups is 1. The smallest absolute Gasteiger partial charge is 0.191 e. The molecule has 2 N–H and O–H groups in total. The molecule has 0 aliphatic carbocycles. The van der Waals surface area contributed by atoms with Gasteiger partial charge in [0, 0.05) is 23.5 Å². The molecule has 1 aromatic heterocycles. The number of aromatic nitrogens is 1. The number of benzene rings is 2. The molecule has 26 heavy (non-hydrogen) atoms. The second-order valence-electron chi connectivity index (χ2n) is 5.88. The van der Waals surface area contributed by atoms with E-state index in [4.69, 9.17) is 23.8 Å². The second kappa shape index (κ2) is 8.65. The first-order chi connectivity index (χ1) is 12.6. The van der Waals surface area contributed by atoms with Crippen LogP contribution in [0.25, 0.3) is 0 Å². The molecule has 0 bridgehead atoms. The number of thiocarbonyl (C=S) groups is 1. The Morgan fingerprint density at radius 1 is 1.15 bits per heavy atom. The Bertz CT molecular complexity index is 933. The Balaban J connectivity index is 1.59. The number of nitrogens with zero attached hydrogens (tertiary/aromatic N) is 2. The SMILES string of the molecule is Cc1cccc(NC(=S)N/N=C\c2cccn2Cc2cccc(Cl)c2)c1. The molecule has 6 heteroatoms. The lowest BCUT2D eigenvalue weighted by molar-refractivity contribution is 0.799. The normalized spacial score (nSPS) is 10.8. The molecule has 3 rings (SSSR count). The molecule has 0 atom stereocenters. The fourth-order valence-electron chi connectivity index (χ4n) is 2.56. The van der Waals surface area contributed by atoms with Crippen molar-refractivity contribution in [3.63, 3.8) is 0 Å². The molecule has 0 unspecified atom stereocenters. The van der Waals surface area contributed by atoms with E-state index in [0.29, 0.717) is 5.11 Å². The third-order valence-corrected chi connectivity index (χ3v) is 4.17. The summed E-state index contributed by atoms with van der Waals surface area (Å²) in [6.45, 7) is 2.76. The maximum absolute atomic E-state index is 6.05. The molecule has 0 amide bonds. The Hall–Kier alpha value is -2.63. The average molecular weight is 383 g/mol. The van der Waals surface area contributed by atoms with Crippen molar-refractivity contribution >= 4 is 40.8 Å². The van der Waals surface area contributed by atoms with Gasteiger partial charge in [0.1, 0.15) is 0 Å². The predicted molar refractivity (Wildman–Crippen MR) is 113 cm³/mol. The highest BCUT2D eigenvalue weighted by atomic mass is 35.5. The summed E-state index contributed by atoms with van der Waals surface area (Å²) in [6, 6.07) is 19.8. The summed E-state index contributed by atoms with van der Waals surface area (Å²) in [5.41, 5.74) is 7.04. The molecule has 132 valence electrons. The number of anilines is 1. The van der Waals surface area contributed by atoms with Crippen LogP contribution in [0.5, 0.6) is 0 Å². The van der Waals surface area contributed by atoms with Crippen LogP contribution in [0.3, 0.4) is 0 Å². The zero-order valence-corrected chi connectivity index (χ0v) is 15.9. The van der Waals surface area contributed by atoms with Crippen LogP contribution in [0.2, 0.25) is 5.02 Å². The van der Waals surface area contributed by atoms with Gasteiger partial charge in [-0.2, -0.15) is 5.10 Å². The van der Waals surface area contributed by atoms with E-state index in [1.165, 1.54) is 5.56 Å². The molecule has 0 fully saturated rings. The minimum atomic E-state index is 0.444. The van der Waals surface area contributed by atoms with Crippen LogP contribution in [0.15, 0.2) is 72.0 Å². The molecule has 0 spiro atoms. The van der Waals surface area contributed by atoms with Gasteiger partial charge in [0.05, 0.1) is 11.9 Å². The van der Waals surface area contributed by atoms with Gasteiger partial charge < -0.3 is 9.88 Å². The first kappa shape index (κ1) is 18.2. The summed E-state index contributed by atoms with van der Waals surface area (Å²) in [5, 5.41) is 8.51. The van der Waals surface area contributed by atoms with Crippen molar-refractivity contribution in [1.82, 2.24) is 9.99 Å². The van der Waals surface area contributed by atoms with E-state index in [1.807, 2.05) is 73.8 Å². The second-order valence-corrected chi connectivity index (χ2v) is 6.73. The van der Waals surface area contributed by atoms with Gasteiger partial charge in [-0.15, -0.1) is 0 Å². The van der Waals surface area contributed by atoms with Crippen molar-refractivity contribution < 1.29 is 0 Å². The van der Waals surface area contributed by atoms with Crippen molar-refractivity contribution in [3.05, 3.63) is 88.7 Å². The molecule has 3 aromatic rings. The minimum absolute atomic E-state index is 0.444. The van der Waals surface area contributed by atoms with E-state index in [2.05, 4.69) is 20.4 Å². The van der Waals surface area contributed by atoms with Gasteiger partial charge in [-0.25, -0.2) is 0 Å². The van der Waals surface area contributed by atoms with Gasteiger partial charge in [-0.1, -0.05) is 35.9 Å². The van der Waals surface area contributed by atoms with Crippen molar-refractivity contribution in [1.29, 1.82) is 0 Å². The van der Waals surface area contributed by atoms with Crippen LogP contribution < -0.4 is 10.7 Å². The highest BCUT2D eigenvalue weighted by Crippen LogP contribution is 2.13. The van der Waals surface area contributed by atoms with E-state index < -0.39 is 0 Å². The van der Waals surface area contributed by atoms with Gasteiger partial charge in [0.2, 0.25) is 0 Å². The summed E-state index contributed by atoms with van der Waals surface area (Å²) < 4.78 is 2.09. The molecule has 0 aliphatic rings. The lowest BCUT2D eigenvalue weighted by atomic mass is 10.2. The van der Waals surface area contributed by atoms with Crippen LogP contribution in [-0.2, 0) is 6.54 Å². The van der Waals surface area contributed by atoms with Gasteiger partial charge >= 0.3 is 0 Å². The van der Waals surface area contributed by atoms with Crippen molar-refractivity contribution in [2.24, 2.45) is 5.10 Å². The van der Waals surface area contributed by atoms with Gasteiger partial charge in [-0.3, -0.25) is 5.43 Å². The fourth-order valence-corrected chi connectivity index (χ4v) is 2.94. The monoisotopic (exact) mass is 382 g/mol. The molecule has 0 aliphatic heterocycles. The van der Waals surface area contributed by atoms with E-state index in [1.54, 1.807) is 6.21 Å². The fraction of sp³-hybridized carbons (Fsp3) is 0.100. The minimum Gasteiger partial charge on any atom is -0.342 e. The van der Waals surface area contributed by atoms with E-state index in [-0.39, 0.29) is 0 Å². The standard InChI is InChI=1S/C20H19ClN4S/c1-15-5-2-8-18(11-15)23-20(26)24-22-13-19-9-4-10-25(19)14-16-6-3-7-17(21)12-16/h2-13H,14H2,1H3,(H2,23,24,26)/b22-13-. The van der Waals surface area contributed by atoms with E-state index in [0.717, 1.165) is 28.5 Å². The molecule has 0 saturated heterocycles. The summed E-state index contributed by atoms with van der Waals surface area (Å²) in [6.07, 6.45) is 3.75. The first-order valence-electron chi connectivity index (χ1n) is 8.16. The van der Waals surface area contributed by atoms with E-state index >= 15 is 0 Å². The number of hydrogen-bond donors (Lipinski definition) is 2. The highest BCUT2D eigenvalue weighted by molar-refractivity contribution is 7.80. The van der Waals surface area contributed by atoms with Gasteiger partial charge in [-0.05, 0) is 66.7 Å². The van der Waals surface area contributed by atoms with Crippen LogP contribution in [0.4, 0.5) is 5.69 Å². The molecule has 0 saturated carbocycles. The zero-order chi connectivity index (χ0) is 18.4. The number of halogens is 1. The Morgan fingerprint density at radius 3 is 2.81 bits per heavy atom. The summed E-state index contributed by atoms with van der Waals surface area (Å²) >= 11 is 11.3. The molecule has 4 nitrogen and oxygen atoms in total. The third-order valence-electron chi connectivity index (χ3n) is 3.75. The topological polar surface area (TPSA) is 41.4 Å². The Morgan fingerprint density at radius 2 is 2.00 bits per heavy atom. The number of aryl methyl sites for hydroxylation is 1. The third kappa shape index (κ3) is 5.18. The maximum atomic E-state index is 6.05. The first-order valence-corrected chi connectivity index (χ1v) is 8.95. The molecular weight excluding hydrogens is 364 g/mol. The van der Waals surface area contributed by atoms with Crippen molar-refractivity contribution in [2.45, 2.75) is 13.5 Å². The maximum Gasteiger partial charge on any atom is 0.191 e. The average Bonchev–Trinajstić information content (AvgIpc) is 3.02. The summed E-state index contributed by atoms with van der Waals surface area (Å²) in [5.74, 6) is 0. The van der Waals surface area contributed by atoms with Gasteiger partial charge in [0.15, 0.2) is 5.11 Å². The molecule has 2 aromatic carbocycles. The quantitative estimate of drug-likeness (QED) is 0.377. The van der Waals surface area contributed by atoms with Crippen molar-refractivity contribution in [2.75, 3.05) is 5.32 Å². The molecular formula is C20H19ClN4S. The number of nitrogens with one attached hydrogen (secondary N) is 2. The van der Waals surface area contributed by atoms with Crippen LogP contribution in [0.1, 0.15) is 16.8 Å². The lowest BCUT2D eigenvalue weighted by Crippen LogP contribution is -2.24. The molecule has 1 heterocycles. The van der Waals surface area contributed by atoms with Crippen LogP contribution >= 0.6 is 23.8 Å². The summed E-state index contributed by atoms with van der Waals surface area (Å²) in [7, 11) is 0. The Kier molecular flexibility index (Phi) is 6.04. The number of hydrogen-bond acceptors (Lipinski definition) is 2. The molecule has 0 radical (unpaired) electrons. The lowest BCUT2D eigenvalue weighted by Gasteiger charge is -2.08. The van der Waals surface area contributed by atoms with Gasteiger partial charge in [0.25, 0.3) is 0 Å². The summed E-state index contributed by atoms with van der Waals surface area (Å²) in [4.78, 5) is 0. The van der Waals surface area contributed by atoms with Crippen molar-refractivity contribution in [3.8, 4) is 0 Å². The predicted octanol–water partition coefficient (Wildman–Crippen LogP) is 4.82. The highest BCUT2D eigenvalue weighted by Gasteiger charge is 2.01. The zero-order valence-electron chi connectivity index (χ0n) is 14.3. The van der Waals surface area contributed by atoms with E-state index in [9.17, 15) is 0 Å². The van der Waals surface area contributed by atoms with Crippen LogP contribution in [-0.4, -0.2) is 15.9 Å². The Labute approximate surface area is 163 Å².